The molecular weight excluding hydrogens is 220 g/mol. The zero-order valence-electron chi connectivity index (χ0n) is 13.0. The van der Waals surface area contributed by atoms with E-state index in [0.717, 1.165) is 24.4 Å². The van der Waals surface area contributed by atoms with E-state index in [-0.39, 0.29) is 0 Å². The first-order chi connectivity index (χ1) is 8.63. The Bertz CT molecular complexity index is 203. The van der Waals surface area contributed by atoms with Gasteiger partial charge in [0.2, 0.25) is 0 Å². The van der Waals surface area contributed by atoms with Crippen LogP contribution in [0.3, 0.4) is 0 Å². The fraction of sp³-hybridized carbons (Fsp3) is 1.00. The van der Waals surface area contributed by atoms with Crippen molar-refractivity contribution in [2.75, 3.05) is 26.7 Å². The molecule has 0 bridgehead atoms. The molecule has 1 rings (SSSR count). The van der Waals surface area contributed by atoms with Crippen molar-refractivity contribution in [3.8, 4) is 0 Å². The summed E-state index contributed by atoms with van der Waals surface area (Å²) in [5, 5.41) is 3.72. The number of nitrogens with zero attached hydrogens (tertiary/aromatic N) is 1. The maximum absolute atomic E-state index is 3.72. The third-order valence-corrected chi connectivity index (χ3v) is 4.26. The molecule has 0 aromatic heterocycles. The smallest absolute Gasteiger partial charge is 0.0107 e. The van der Waals surface area contributed by atoms with Crippen LogP contribution in [0.1, 0.15) is 59.3 Å². The largest absolute Gasteiger partial charge is 0.314 e. The highest BCUT2D eigenvalue weighted by molar-refractivity contribution is 4.81. The summed E-state index contributed by atoms with van der Waals surface area (Å²) in [7, 11) is 2.30. The van der Waals surface area contributed by atoms with Crippen LogP contribution in [-0.2, 0) is 0 Å². The summed E-state index contributed by atoms with van der Waals surface area (Å²) in [6.45, 7) is 10.5. The van der Waals surface area contributed by atoms with Gasteiger partial charge in [0, 0.05) is 12.6 Å². The second-order valence-electron chi connectivity index (χ2n) is 6.51. The van der Waals surface area contributed by atoms with Crippen molar-refractivity contribution < 1.29 is 0 Å². The molecule has 0 aromatic carbocycles. The van der Waals surface area contributed by atoms with Gasteiger partial charge < -0.3 is 10.2 Å². The number of hydrogen-bond acceptors (Lipinski definition) is 2. The Kier molecular flexibility index (Phi) is 7.92. The van der Waals surface area contributed by atoms with E-state index in [2.05, 4.69) is 38.0 Å². The normalized spacial score (nSPS) is 25.7. The minimum atomic E-state index is 0.763. The van der Waals surface area contributed by atoms with Crippen LogP contribution in [0.5, 0.6) is 0 Å². The summed E-state index contributed by atoms with van der Waals surface area (Å²) >= 11 is 0. The van der Waals surface area contributed by atoms with Gasteiger partial charge in [-0.2, -0.15) is 0 Å². The highest BCUT2D eigenvalue weighted by atomic mass is 15.1. The Labute approximate surface area is 115 Å². The molecule has 0 aliphatic heterocycles. The first kappa shape index (κ1) is 16.0. The molecule has 0 aromatic rings. The summed E-state index contributed by atoms with van der Waals surface area (Å²) in [5.41, 5.74) is 0. The summed E-state index contributed by atoms with van der Waals surface area (Å²) in [4.78, 5) is 2.56. The van der Waals surface area contributed by atoms with E-state index in [1.807, 2.05) is 0 Å². The minimum Gasteiger partial charge on any atom is -0.314 e. The van der Waals surface area contributed by atoms with Crippen LogP contribution >= 0.6 is 0 Å². The summed E-state index contributed by atoms with van der Waals surface area (Å²) in [6, 6.07) is 0.763. The standard InChI is InChI=1S/C16H34N2/c1-5-17-16-10-8-6-7-9-15(16)13-18(4)12-11-14(2)3/h14-17H,5-13H2,1-4H3. The van der Waals surface area contributed by atoms with Gasteiger partial charge in [-0.3, -0.25) is 0 Å². The Hall–Kier alpha value is -0.0800. The van der Waals surface area contributed by atoms with Crippen LogP contribution in [0, 0.1) is 11.8 Å². The molecule has 0 saturated heterocycles. The van der Waals surface area contributed by atoms with Crippen molar-refractivity contribution in [3.05, 3.63) is 0 Å². The topological polar surface area (TPSA) is 15.3 Å². The van der Waals surface area contributed by atoms with Crippen molar-refractivity contribution >= 4 is 0 Å². The Morgan fingerprint density at radius 3 is 2.56 bits per heavy atom. The molecule has 2 nitrogen and oxygen atoms in total. The van der Waals surface area contributed by atoms with E-state index in [1.165, 1.54) is 51.6 Å². The monoisotopic (exact) mass is 254 g/mol. The van der Waals surface area contributed by atoms with Crippen LogP contribution in [0.15, 0.2) is 0 Å². The van der Waals surface area contributed by atoms with Crippen LogP contribution in [0.4, 0.5) is 0 Å². The van der Waals surface area contributed by atoms with Gasteiger partial charge >= 0.3 is 0 Å². The Morgan fingerprint density at radius 1 is 1.17 bits per heavy atom. The Balaban J connectivity index is 2.39. The van der Waals surface area contributed by atoms with Crippen LogP contribution in [0.25, 0.3) is 0 Å². The lowest BCUT2D eigenvalue weighted by atomic mass is 9.94. The predicted octanol–water partition coefficient (Wildman–Crippen LogP) is 3.52. The lowest BCUT2D eigenvalue weighted by Gasteiger charge is -2.30. The van der Waals surface area contributed by atoms with E-state index in [4.69, 9.17) is 0 Å². The van der Waals surface area contributed by atoms with Gasteiger partial charge in [-0.05, 0) is 51.2 Å². The molecule has 1 saturated carbocycles. The summed E-state index contributed by atoms with van der Waals surface area (Å²) in [5.74, 6) is 1.69. The van der Waals surface area contributed by atoms with E-state index >= 15 is 0 Å². The van der Waals surface area contributed by atoms with Crippen molar-refractivity contribution in [2.45, 2.75) is 65.3 Å². The minimum absolute atomic E-state index is 0.763. The average molecular weight is 254 g/mol. The first-order valence-electron chi connectivity index (χ1n) is 8.05. The van der Waals surface area contributed by atoms with Crippen molar-refractivity contribution in [1.82, 2.24) is 10.2 Å². The average Bonchev–Trinajstić information content (AvgIpc) is 2.53. The molecule has 18 heavy (non-hydrogen) atoms. The molecule has 0 heterocycles. The molecule has 1 aliphatic carbocycles. The molecule has 1 fully saturated rings. The van der Waals surface area contributed by atoms with E-state index in [1.54, 1.807) is 0 Å². The fourth-order valence-electron chi connectivity index (χ4n) is 3.10. The summed E-state index contributed by atoms with van der Waals surface area (Å²) in [6.07, 6.45) is 8.43. The van der Waals surface area contributed by atoms with Crippen LogP contribution in [0.2, 0.25) is 0 Å². The van der Waals surface area contributed by atoms with Gasteiger partial charge in [0.15, 0.2) is 0 Å². The second kappa shape index (κ2) is 8.92. The third kappa shape index (κ3) is 6.19. The highest BCUT2D eigenvalue weighted by Crippen LogP contribution is 2.24. The zero-order valence-corrected chi connectivity index (χ0v) is 13.0. The molecule has 0 spiro atoms. The van der Waals surface area contributed by atoms with Gasteiger partial charge in [0.05, 0.1) is 0 Å². The molecular formula is C16H34N2. The van der Waals surface area contributed by atoms with Crippen molar-refractivity contribution in [3.63, 3.8) is 0 Å². The SMILES string of the molecule is CCNC1CCCCCC1CN(C)CCC(C)C. The third-order valence-electron chi connectivity index (χ3n) is 4.26. The highest BCUT2D eigenvalue weighted by Gasteiger charge is 2.23. The van der Waals surface area contributed by atoms with Crippen molar-refractivity contribution in [2.24, 2.45) is 11.8 Å². The lowest BCUT2D eigenvalue weighted by molar-refractivity contribution is 0.217. The molecule has 0 amide bonds. The van der Waals surface area contributed by atoms with Gasteiger partial charge in [0.1, 0.15) is 0 Å². The van der Waals surface area contributed by atoms with Gasteiger partial charge in [-0.15, -0.1) is 0 Å². The molecule has 2 heteroatoms. The molecule has 108 valence electrons. The molecule has 0 radical (unpaired) electrons. The van der Waals surface area contributed by atoms with Crippen LogP contribution < -0.4 is 5.32 Å². The van der Waals surface area contributed by atoms with E-state index < -0.39 is 0 Å². The summed E-state index contributed by atoms with van der Waals surface area (Å²) < 4.78 is 0. The van der Waals surface area contributed by atoms with Gasteiger partial charge in [0.25, 0.3) is 0 Å². The fourth-order valence-corrected chi connectivity index (χ4v) is 3.10. The number of rotatable bonds is 7. The van der Waals surface area contributed by atoms with Gasteiger partial charge in [-0.1, -0.05) is 40.0 Å². The lowest BCUT2D eigenvalue weighted by Crippen LogP contribution is -2.41. The van der Waals surface area contributed by atoms with Gasteiger partial charge in [-0.25, -0.2) is 0 Å². The maximum atomic E-state index is 3.72. The molecule has 2 atom stereocenters. The molecule has 2 unspecified atom stereocenters. The maximum Gasteiger partial charge on any atom is 0.0107 e. The van der Waals surface area contributed by atoms with Crippen LogP contribution in [-0.4, -0.2) is 37.6 Å². The number of nitrogens with one attached hydrogen (secondary N) is 1. The first-order valence-corrected chi connectivity index (χ1v) is 8.05. The molecule has 1 N–H and O–H groups in total. The van der Waals surface area contributed by atoms with Crippen molar-refractivity contribution in [1.29, 1.82) is 0 Å². The molecule has 1 aliphatic rings. The predicted molar refractivity (Wildman–Crippen MR) is 81.0 cm³/mol. The van der Waals surface area contributed by atoms with E-state index in [9.17, 15) is 0 Å². The number of hydrogen-bond donors (Lipinski definition) is 1. The van der Waals surface area contributed by atoms with E-state index in [0.29, 0.717) is 0 Å². The Morgan fingerprint density at radius 2 is 1.89 bits per heavy atom. The quantitative estimate of drug-likeness (QED) is 0.699. The zero-order chi connectivity index (χ0) is 13.4. The second-order valence-corrected chi connectivity index (χ2v) is 6.51.